The van der Waals surface area contributed by atoms with E-state index in [-0.39, 0.29) is 0 Å². The lowest BCUT2D eigenvalue weighted by Crippen LogP contribution is -2.50. The second-order valence-electron chi connectivity index (χ2n) is 6.93. The fraction of sp³-hybridized carbons (Fsp3) is 0.444. The van der Waals surface area contributed by atoms with Crippen molar-refractivity contribution >= 4 is 22.6 Å². The first kappa shape index (κ1) is 14.6. The molecule has 7 nitrogen and oxygen atoms in total. The lowest BCUT2D eigenvalue weighted by Gasteiger charge is -2.40. The van der Waals surface area contributed by atoms with Crippen LogP contribution in [0.2, 0.25) is 0 Å². The molecule has 0 saturated carbocycles. The topological polar surface area (TPSA) is 80.0 Å². The van der Waals surface area contributed by atoms with E-state index < -0.39 is 0 Å². The number of aromatic nitrogens is 4. The van der Waals surface area contributed by atoms with Gasteiger partial charge in [0.2, 0.25) is 0 Å². The van der Waals surface area contributed by atoms with Crippen molar-refractivity contribution in [3.05, 3.63) is 35.9 Å². The van der Waals surface area contributed by atoms with Crippen molar-refractivity contribution in [1.82, 2.24) is 20.4 Å². The first-order valence-corrected chi connectivity index (χ1v) is 8.90. The molecule has 4 heterocycles. The highest BCUT2D eigenvalue weighted by molar-refractivity contribution is 5.85. The second kappa shape index (κ2) is 5.98. The number of hydrogen-bond donors (Lipinski definition) is 1. The van der Waals surface area contributed by atoms with Crippen LogP contribution in [0.4, 0.5) is 11.6 Å². The predicted molar refractivity (Wildman–Crippen MR) is 94.7 cm³/mol. The van der Waals surface area contributed by atoms with Crippen molar-refractivity contribution in [2.45, 2.75) is 25.7 Å². The standard InChI is InChI=1S/C18H20N6O/c1-2-4-15-13(3-1)7-16(22-21-15)24-10-12(11-24)8-19-18-17-14(5-6-25-17)9-20-23-18/h5-7,9,12H,1-4,8,10-11H2,(H,19,23). The molecule has 0 aromatic carbocycles. The molecular weight excluding hydrogens is 316 g/mol. The molecule has 1 aliphatic heterocycles. The van der Waals surface area contributed by atoms with Gasteiger partial charge in [0.25, 0.3) is 0 Å². The fourth-order valence-corrected chi connectivity index (χ4v) is 3.68. The summed E-state index contributed by atoms with van der Waals surface area (Å²) in [6.45, 7) is 2.83. The molecule has 0 amide bonds. The van der Waals surface area contributed by atoms with Crippen LogP contribution in [0, 0.1) is 5.92 Å². The molecule has 3 aromatic rings. The molecule has 5 rings (SSSR count). The molecule has 0 unspecified atom stereocenters. The van der Waals surface area contributed by atoms with Crippen molar-refractivity contribution in [3.63, 3.8) is 0 Å². The maximum absolute atomic E-state index is 5.48. The minimum Gasteiger partial charge on any atom is -0.460 e. The van der Waals surface area contributed by atoms with Crippen molar-refractivity contribution in [1.29, 1.82) is 0 Å². The maximum atomic E-state index is 5.48. The van der Waals surface area contributed by atoms with Gasteiger partial charge in [0, 0.05) is 30.9 Å². The van der Waals surface area contributed by atoms with Crippen molar-refractivity contribution in [2.24, 2.45) is 5.92 Å². The van der Waals surface area contributed by atoms with Crippen LogP contribution in [0.25, 0.3) is 11.0 Å². The van der Waals surface area contributed by atoms with Gasteiger partial charge >= 0.3 is 0 Å². The highest BCUT2D eigenvalue weighted by Gasteiger charge is 2.29. The van der Waals surface area contributed by atoms with Gasteiger partial charge in [0.15, 0.2) is 17.2 Å². The third-order valence-electron chi connectivity index (χ3n) is 5.16. The Balaban J connectivity index is 1.20. The van der Waals surface area contributed by atoms with Crippen LogP contribution < -0.4 is 10.2 Å². The Morgan fingerprint density at radius 3 is 3.04 bits per heavy atom. The first-order chi connectivity index (χ1) is 12.4. The van der Waals surface area contributed by atoms with Crippen LogP contribution in [0.1, 0.15) is 24.1 Å². The summed E-state index contributed by atoms with van der Waals surface area (Å²) in [5.74, 6) is 2.30. The monoisotopic (exact) mass is 336 g/mol. The van der Waals surface area contributed by atoms with Crippen molar-refractivity contribution < 1.29 is 4.42 Å². The Kier molecular flexibility index (Phi) is 3.50. The number of fused-ring (bicyclic) bond motifs is 2. The number of rotatable bonds is 4. The highest BCUT2D eigenvalue weighted by Crippen LogP contribution is 2.27. The SMILES string of the molecule is c1cc2cnnc(NCC3CN(c4cc5c(nn4)CCCC5)C3)c2o1. The molecule has 0 atom stereocenters. The molecule has 1 saturated heterocycles. The smallest absolute Gasteiger partial charge is 0.192 e. The highest BCUT2D eigenvalue weighted by atomic mass is 16.3. The summed E-state index contributed by atoms with van der Waals surface area (Å²) < 4.78 is 5.48. The van der Waals surface area contributed by atoms with Crippen LogP contribution in [-0.4, -0.2) is 40.0 Å². The van der Waals surface area contributed by atoms with E-state index in [0.717, 1.165) is 55.1 Å². The van der Waals surface area contributed by atoms with E-state index in [1.54, 1.807) is 12.5 Å². The zero-order valence-corrected chi connectivity index (χ0v) is 14.0. The molecular formula is C18H20N6O. The average molecular weight is 336 g/mol. The van der Waals surface area contributed by atoms with Crippen LogP contribution in [0.3, 0.4) is 0 Å². The summed E-state index contributed by atoms with van der Waals surface area (Å²) in [5.41, 5.74) is 3.35. The number of anilines is 2. The lowest BCUT2D eigenvalue weighted by atomic mass is 9.95. The summed E-state index contributed by atoms with van der Waals surface area (Å²) in [6, 6.07) is 4.13. The van der Waals surface area contributed by atoms with Gasteiger partial charge in [-0.1, -0.05) is 0 Å². The fourth-order valence-electron chi connectivity index (χ4n) is 3.68. The van der Waals surface area contributed by atoms with E-state index in [9.17, 15) is 0 Å². The van der Waals surface area contributed by atoms with Gasteiger partial charge in [-0.2, -0.15) is 10.2 Å². The number of furan rings is 1. The normalized spacial score (nSPS) is 17.4. The number of aryl methyl sites for hydroxylation is 2. The number of hydrogen-bond acceptors (Lipinski definition) is 7. The summed E-state index contributed by atoms with van der Waals surface area (Å²) in [4.78, 5) is 2.30. The molecule has 2 aliphatic rings. The zero-order valence-electron chi connectivity index (χ0n) is 14.0. The molecule has 0 radical (unpaired) electrons. The van der Waals surface area contributed by atoms with Gasteiger partial charge < -0.3 is 14.6 Å². The van der Waals surface area contributed by atoms with Crippen LogP contribution in [-0.2, 0) is 12.8 Å². The van der Waals surface area contributed by atoms with Crippen LogP contribution >= 0.6 is 0 Å². The molecule has 25 heavy (non-hydrogen) atoms. The van der Waals surface area contributed by atoms with Crippen molar-refractivity contribution in [2.75, 3.05) is 29.9 Å². The third-order valence-corrected chi connectivity index (χ3v) is 5.16. The van der Waals surface area contributed by atoms with Crippen molar-refractivity contribution in [3.8, 4) is 0 Å². The van der Waals surface area contributed by atoms with E-state index in [1.165, 1.54) is 24.1 Å². The van der Waals surface area contributed by atoms with Gasteiger partial charge in [0.1, 0.15) is 0 Å². The predicted octanol–water partition coefficient (Wildman–Crippen LogP) is 2.44. The van der Waals surface area contributed by atoms with E-state index in [2.05, 4.69) is 36.7 Å². The summed E-state index contributed by atoms with van der Waals surface area (Å²) in [6.07, 6.45) is 8.10. The third kappa shape index (κ3) is 2.69. The quantitative estimate of drug-likeness (QED) is 0.784. The molecule has 3 aromatic heterocycles. The Hall–Kier alpha value is -2.70. The summed E-state index contributed by atoms with van der Waals surface area (Å²) in [7, 11) is 0. The van der Waals surface area contributed by atoms with Gasteiger partial charge in [-0.05, 0) is 43.4 Å². The molecule has 1 aliphatic carbocycles. The van der Waals surface area contributed by atoms with Crippen LogP contribution in [0.15, 0.2) is 29.0 Å². The Bertz CT molecular complexity index is 901. The molecule has 0 bridgehead atoms. The Labute approximate surface area is 145 Å². The lowest BCUT2D eigenvalue weighted by molar-refractivity contribution is 0.424. The second-order valence-corrected chi connectivity index (χ2v) is 6.93. The van der Waals surface area contributed by atoms with Gasteiger partial charge in [-0.3, -0.25) is 0 Å². The van der Waals surface area contributed by atoms with Crippen LogP contribution in [0.5, 0.6) is 0 Å². The molecule has 1 fully saturated rings. The van der Waals surface area contributed by atoms with Gasteiger partial charge in [-0.25, -0.2) is 0 Å². The molecule has 7 heteroatoms. The van der Waals surface area contributed by atoms with E-state index in [0.29, 0.717) is 5.92 Å². The molecule has 1 N–H and O–H groups in total. The average Bonchev–Trinajstić information content (AvgIpc) is 3.10. The summed E-state index contributed by atoms with van der Waals surface area (Å²) >= 11 is 0. The molecule has 128 valence electrons. The Morgan fingerprint density at radius 1 is 1.16 bits per heavy atom. The van der Waals surface area contributed by atoms with Gasteiger partial charge in [0.05, 0.1) is 18.2 Å². The molecule has 0 spiro atoms. The largest absolute Gasteiger partial charge is 0.460 e. The van der Waals surface area contributed by atoms with Gasteiger partial charge in [-0.15, -0.1) is 10.2 Å². The van der Waals surface area contributed by atoms with E-state index >= 15 is 0 Å². The number of nitrogens with zero attached hydrogens (tertiary/aromatic N) is 5. The number of nitrogens with one attached hydrogen (secondary N) is 1. The zero-order chi connectivity index (χ0) is 16.6. The minimum absolute atomic E-state index is 0.560. The first-order valence-electron chi connectivity index (χ1n) is 8.90. The summed E-state index contributed by atoms with van der Waals surface area (Å²) in [5, 5.41) is 21.3. The Morgan fingerprint density at radius 2 is 2.08 bits per heavy atom. The van der Waals surface area contributed by atoms with E-state index in [1.807, 2.05) is 6.07 Å². The van der Waals surface area contributed by atoms with E-state index in [4.69, 9.17) is 4.42 Å². The maximum Gasteiger partial charge on any atom is 0.192 e. The minimum atomic E-state index is 0.560.